The first kappa shape index (κ1) is 12.3. The number of aryl methyl sites for hydroxylation is 1. The second-order valence-corrected chi connectivity index (χ2v) is 5.71. The van der Waals surface area contributed by atoms with Crippen LogP contribution in [0.1, 0.15) is 12.8 Å². The molecule has 1 fully saturated rings. The highest BCUT2D eigenvalue weighted by molar-refractivity contribution is 7.99. The number of nitrogen functional groups attached to an aromatic ring is 1. The largest absolute Gasteiger partial charge is 0.476 e. The van der Waals surface area contributed by atoms with Gasteiger partial charge in [0.05, 0.1) is 12.3 Å². The maximum atomic E-state index is 5.88. The van der Waals surface area contributed by atoms with Gasteiger partial charge < -0.3 is 15.0 Å². The number of aromatic nitrogens is 3. The van der Waals surface area contributed by atoms with E-state index in [-0.39, 0.29) is 0 Å². The molecule has 2 aromatic heterocycles. The average Bonchev–Trinajstić information content (AvgIpc) is 3.14. The molecular weight excluding hydrogens is 260 g/mol. The normalized spacial score (nSPS) is 14.6. The number of rotatable bonds is 5. The lowest BCUT2D eigenvalue weighted by atomic mass is 10.4. The highest BCUT2D eigenvalue weighted by Gasteiger charge is 2.22. The van der Waals surface area contributed by atoms with Gasteiger partial charge in [0, 0.05) is 19.4 Å². The molecule has 1 aliphatic carbocycles. The first-order chi connectivity index (χ1) is 9.22. The molecule has 0 spiro atoms. The number of ether oxygens (including phenoxy) is 1. The summed E-state index contributed by atoms with van der Waals surface area (Å²) in [5, 5.41) is 1.74. The first-order valence-corrected chi connectivity index (χ1v) is 7.08. The molecule has 2 aromatic rings. The van der Waals surface area contributed by atoms with Crippen molar-refractivity contribution >= 4 is 17.4 Å². The maximum Gasteiger partial charge on any atom is 0.238 e. The van der Waals surface area contributed by atoms with Crippen LogP contribution in [0.3, 0.4) is 0 Å². The molecule has 5 nitrogen and oxygen atoms in total. The molecule has 19 heavy (non-hydrogen) atoms. The third-order valence-electron chi connectivity index (χ3n) is 2.99. The maximum absolute atomic E-state index is 5.88. The van der Waals surface area contributed by atoms with E-state index in [0.717, 1.165) is 10.2 Å². The third kappa shape index (κ3) is 3.01. The van der Waals surface area contributed by atoms with Crippen LogP contribution in [0.2, 0.25) is 0 Å². The Balaban J connectivity index is 1.74. The minimum Gasteiger partial charge on any atom is -0.476 e. The van der Waals surface area contributed by atoms with Crippen LogP contribution in [0.5, 0.6) is 5.88 Å². The molecule has 1 saturated carbocycles. The van der Waals surface area contributed by atoms with Gasteiger partial charge in [-0.2, -0.15) is 0 Å². The Kier molecular flexibility index (Phi) is 3.33. The lowest BCUT2D eigenvalue weighted by molar-refractivity contribution is 0.288. The number of anilines is 1. The zero-order chi connectivity index (χ0) is 13.2. The van der Waals surface area contributed by atoms with E-state index in [1.54, 1.807) is 6.20 Å². The van der Waals surface area contributed by atoms with E-state index >= 15 is 0 Å². The van der Waals surface area contributed by atoms with E-state index in [1.165, 1.54) is 24.6 Å². The monoisotopic (exact) mass is 276 g/mol. The number of hydrogen-bond acceptors (Lipinski definition) is 5. The van der Waals surface area contributed by atoms with Gasteiger partial charge in [0.15, 0.2) is 5.16 Å². The summed E-state index contributed by atoms with van der Waals surface area (Å²) in [6.07, 6.45) is 6.18. The molecule has 2 heterocycles. The van der Waals surface area contributed by atoms with Crippen molar-refractivity contribution in [2.45, 2.75) is 23.0 Å². The fourth-order valence-electron chi connectivity index (χ4n) is 1.63. The van der Waals surface area contributed by atoms with Crippen LogP contribution in [0.15, 0.2) is 34.7 Å². The van der Waals surface area contributed by atoms with Crippen LogP contribution in [-0.4, -0.2) is 21.1 Å². The summed E-state index contributed by atoms with van der Waals surface area (Å²) in [5.41, 5.74) is 6.47. The standard InChI is InChI=1S/C13H16N4OS/c1-17-7-6-15-13(17)19-11-5-4-10(14)12(16-11)18-8-9-2-3-9/h4-7,9H,2-3,8,14H2,1H3. The summed E-state index contributed by atoms with van der Waals surface area (Å²) in [5.74, 6) is 1.22. The molecule has 0 radical (unpaired) electrons. The van der Waals surface area contributed by atoms with Crippen LogP contribution < -0.4 is 10.5 Å². The Morgan fingerprint density at radius 1 is 1.47 bits per heavy atom. The van der Waals surface area contributed by atoms with Crippen LogP contribution in [0.25, 0.3) is 0 Å². The Hall–Kier alpha value is -1.69. The summed E-state index contributed by atoms with van der Waals surface area (Å²) in [7, 11) is 1.96. The molecule has 100 valence electrons. The Morgan fingerprint density at radius 2 is 2.32 bits per heavy atom. The average molecular weight is 276 g/mol. The SMILES string of the molecule is Cn1ccnc1Sc1ccc(N)c(OCC2CC2)n1. The molecule has 0 bridgehead atoms. The Labute approximate surface area is 116 Å². The van der Waals surface area contributed by atoms with Crippen molar-refractivity contribution in [3.8, 4) is 5.88 Å². The topological polar surface area (TPSA) is 66.0 Å². The van der Waals surface area contributed by atoms with Gasteiger partial charge in [-0.1, -0.05) is 0 Å². The molecule has 0 saturated heterocycles. The van der Waals surface area contributed by atoms with Crippen LogP contribution in [0.4, 0.5) is 5.69 Å². The van der Waals surface area contributed by atoms with Gasteiger partial charge in [0.1, 0.15) is 5.03 Å². The lowest BCUT2D eigenvalue weighted by Crippen LogP contribution is -2.04. The predicted molar refractivity (Wildman–Crippen MR) is 74.2 cm³/mol. The zero-order valence-corrected chi connectivity index (χ0v) is 11.6. The Bertz CT molecular complexity index is 580. The number of pyridine rings is 1. The quantitative estimate of drug-likeness (QED) is 0.908. The highest BCUT2D eigenvalue weighted by Crippen LogP contribution is 2.32. The van der Waals surface area contributed by atoms with Crippen molar-refractivity contribution in [3.05, 3.63) is 24.5 Å². The zero-order valence-electron chi connectivity index (χ0n) is 10.7. The minimum atomic E-state index is 0.533. The van der Waals surface area contributed by atoms with E-state index in [0.29, 0.717) is 24.1 Å². The molecule has 0 aliphatic heterocycles. The van der Waals surface area contributed by atoms with Gasteiger partial charge >= 0.3 is 0 Å². The molecule has 0 aromatic carbocycles. The van der Waals surface area contributed by atoms with Crippen molar-refractivity contribution in [3.63, 3.8) is 0 Å². The minimum absolute atomic E-state index is 0.533. The molecule has 0 atom stereocenters. The summed E-state index contributed by atoms with van der Waals surface area (Å²) in [6.45, 7) is 0.716. The molecule has 0 unspecified atom stereocenters. The van der Waals surface area contributed by atoms with Crippen molar-refractivity contribution < 1.29 is 4.74 Å². The van der Waals surface area contributed by atoms with Crippen molar-refractivity contribution in [2.24, 2.45) is 13.0 Å². The van der Waals surface area contributed by atoms with E-state index in [4.69, 9.17) is 10.5 Å². The van der Waals surface area contributed by atoms with Crippen molar-refractivity contribution in [1.82, 2.24) is 14.5 Å². The van der Waals surface area contributed by atoms with E-state index in [2.05, 4.69) is 9.97 Å². The number of hydrogen-bond donors (Lipinski definition) is 1. The van der Waals surface area contributed by atoms with Gasteiger partial charge in [-0.05, 0) is 42.7 Å². The van der Waals surface area contributed by atoms with Gasteiger partial charge in [0.2, 0.25) is 5.88 Å². The molecule has 2 N–H and O–H groups in total. The van der Waals surface area contributed by atoms with Gasteiger partial charge in [0.25, 0.3) is 0 Å². The van der Waals surface area contributed by atoms with Crippen molar-refractivity contribution in [2.75, 3.05) is 12.3 Å². The molecule has 0 amide bonds. The van der Waals surface area contributed by atoms with Gasteiger partial charge in [-0.15, -0.1) is 0 Å². The summed E-state index contributed by atoms with van der Waals surface area (Å²) < 4.78 is 7.63. The lowest BCUT2D eigenvalue weighted by Gasteiger charge is -2.08. The van der Waals surface area contributed by atoms with Crippen LogP contribution >= 0.6 is 11.8 Å². The third-order valence-corrected chi connectivity index (χ3v) is 4.00. The fraction of sp³-hybridized carbons (Fsp3) is 0.385. The number of nitrogens with two attached hydrogens (primary N) is 1. The van der Waals surface area contributed by atoms with Crippen LogP contribution in [0, 0.1) is 5.92 Å². The second kappa shape index (κ2) is 5.13. The molecule has 1 aliphatic rings. The van der Waals surface area contributed by atoms with E-state index in [1.807, 2.05) is 29.9 Å². The second-order valence-electron chi connectivity index (χ2n) is 4.72. The van der Waals surface area contributed by atoms with Crippen molar-refractivity contribution in [1.29, 1.82) is 0 Å². The Morgan fingerprint density at radius 3 is 3.00 bits per heavy atom. The summed E-state index contributed by atoms with van der Waals surface area (Å²) >= 11 is 1.50. The highest BCUT2D eigenvalue weighted by atomic mass is 32.2. The number of imidazole rings is 1. The van der Waals surface area contributed by atoms with Gasteiger partial charge in [-0.3, -0.25) is 0 Å². The summed E-state index contributed by atoms with van der Waals surface area (Å²) in [6, 6.07) is 3.72. The number of nitrogens with zero attached hydrogens (tertiary/aromatic N) is 3. The van der Waals surface area contributed by atoms with E-state index < -0.39 is 0 Å². The first-order valence-electron chi connectivity index (χ1n) is 6.27. The van der Waals surface area contributed by atoms with Crippen LogP contribution in [-0.2, 0) is 7.05 Å². The molecular formula is C13H16N4OS. The summed E-state index contributed by atoms with van der Waals surface area (Å²) in [4.78, 5) is 8.71. The predicted octanol–water partition coefficient (Wildman–Crippen LogP) is 2.34. The molecule has 6 heteroatoms. The smallest absolute Gasteiger partial charge is 0.238 e. The van der Waals surface area contributed by atoms with E-state index in [9.17, 15) is 0 Å². The molecule has 3 rings (SSSR count). The fourth-order valence-corrected chi connectivity index (χ4v) is 2.40. The van der Waals surface area contributed by atoms with Gasteiger partial charge in [-0.25, -0.2) is 9.97 Å².